The average Bonchev–Trinajstić information content (AvgIpc) is 3.34. The summed E-state index contributed by atoms with van der Waals surface area (Å²) in [7, 11) is 0. The molecule has 0 N–H and O–H groups in total. The maximum Gasteiger partial charge on any atom is 0.171 e. The number of benzene rings is 2. The fourth-order valence-corrected chi connectivity index (χ4v) is 2.87. The van der Waals surface area contributed by atoms with E-state index in [1.807, 2.05) is 55.5 Å². The van der Waals surface area contributed by atoms with Gasteiger partial charge >= 0.3 is 0 Å². The molecule has 22 heavy (non-hydrogen) atoms. The minimum absolute atomic E-state index is 0.348. The van der Waals surface area contributed by atoms with E-state index >= 15 is 0 Å². The molecule has 1 aliphatic heterocycles. The highest BCUT2D eigenvalue weighted by atomic mass is 16.6. The van der Waals surface area contributed by atoms with Gasteiger partial charge in [0, 0.05) is 6.42 Å². The van der Waals surface area contributed by atoms with Crippen LogP contribution in [-0.2, 0) is 15.8 Å². The fourth-order valence-electron chi connectivity index (χ4n) is 2.87. The molecule has 0 aliphatic carbocycles. The molecule has 3 nitrogen and oxygen atoms in total. The third-order valence-corrected chi connectivity index (χ3v) is 4.24. The van der Waals surface area contributed by atoms with Crippen LogP contribution >= 0.6 is 0 Å². The molecule has 108 valence electrons. The molecule has 1 unspecified atom stereocenters. The van der Waals surface area contributed by atoms with Crippen molar-refractivity contribution in [3.63, 3.8) is 0 Å². The minimum Gasteiger partial charge on any atom is -0.364 e. The molecule has 2 aromatic rings. The van der Waals surface area contributed by atoms with Crippen molar-refractivity contribution in [3.8, 4) is 12.1 Å². The van der Waals surface area contributed by atoms with Gasteiger partial charge in [-0.3, -0.25) is 0 Å². The number of hydrogen-bond donors (Lipinski definition) is 0. The van der Waals surface area contributed by atoms with Gasteiger partial charge in [0.05, 0.1) is 18.7 Å². The standard InChI is InChI=1S/C19H16N2O/c1-15-6-5-9-17(10-15)19(14-22-19)11-18(12-20,13-21)16-7-3-2-4-8-16/h2-10H,11,14H2,1H3. The van der Waals surface area contributed by atoms with E-state index in [-0.39, 0.29) is 0 Å². The van der Waals surface area contributed by atoms with Gasteiger partial charge in [-0.15, -0.1) is 0 Å². The lowest BCUT2D eigenvalue weighted by molar-refractivity contribution is 0.273. The lowest BCUT2D eigenvalue weighted by atomic mass is 9.74. The van der Waals surface area contributed by atoms with Crippen molar-refractivity contribution in [1.29, 1.82) is 10.5 Å². The number of rotatable bonds is 4. The molecule has 0 spiro atoms. The van der Waals surface area contributed by atoms with E-state index in [1.165, 1.54) is 0 Å². The molecular weight excluding hydrogens is 272 g/mol. The minimum atomic E-state index is -1.19. The summed E-state index contributed by atoms with van der Waals surface area (Å²) in [6.07, 6.45) is 0.348. The second-order valence-electron chi connectivity index (χ2n) is 5.82. The van der Waals surface area contributed by atoms with E-state index in [2.05, 4.69) is 18.2 Å². The smallest absolute Gasteiger partial charge is 0.171 e. The Hall–Kier alpha value is -2.62. The fraction of sp³-hybridized carbons (Fsp3) is 0.263. The summed E-state index contributed by atoms with van der Waals surface area (Å²) in [5, 5.41) is 19.4. The second-order valence-corrected chi connectivity index (χ2v) is 5.82. The summed E-state index contributed by atoms with van der Waals surface area (Å²) in [4.78, 5) is 0. The van der Waals surface area contributed by atoms with Gasteiger partial charge < -0.3 is 4.74 Å². The Balaban J connectivity index is 2.00. The Kier molecular flexibility index (Phi) is 3.45. The topological polar surface area (TPSA) is 60.1 Å². The lowest BCUT2D eigenvalue weighted by Crippen LogP contribution is -2.29. The molecule has 3 rings (SSSR count). The quantitative estimate of drug-likeness (QED) is 0.808. The summed E-state index contributed by atoms with van der Waals surface area (Å²) in [5.74, 6) is 0. The molecule has 1 aliphatic rings. The zero-order valence-corrected chi connectivity index (χ0v) is 12.4. The van der Waals surface area contributed by atoms with Crippen molar-refractivity contribution in [1.82, 2.24) is 0 Å². The van der Waals surface area contributed by atoms with Gasteiger partial charge in [-0.25, -0.2) is 0 Å². The van der Waals surface area contributed by atoms with Crippen molar-refractivity contribution >= 4 is 0 Å². The first-order chi connectivity index (χ1) is 10.6. The molecule has 0 saturated carbocycles. The van der Waals surface area contributed by atoms with E-state index in [4.69, 9.17) is 4.74 Å². The molecule has 0 amide bonds. The maximum atomic E-state index is 9.69. The molecule has 0 bridgehead atoms. The van der Waals surface area contributed by atoms with Crippen LogP contribution in [-0.4, -0.2) is 6.61 Å². The average molecular weight is 288 g/mol. The van der Waals surface area contributed by atoms with Crippen LogP contribution in [0.15, 0.2) is 54.6 Å². The molecule has 3 heteroatoms. The first kappa shape index (κ1) is 14.3. The third-order valence-electron chi connectivity index (χ3n) is 4.24. The summed E-state index contributed by atoms with van der Waals surface area (Å²) in [6, 6.07) is 21.8. The van der Waals surface area contributed by atoms with Crippen LogP contribution in [0.2, 0.25) is 0 Å². The third kappa shape index (κ3) is 2.37. The Labute approximate surface area is 130 Å². The molecule has 1 fully saturated rings. The maximum absolute atomic E-state index is 9.69. The molecule has 1 heterocycles. The van der Waals surface area contributed by atoms with Crippen molar-refractivity contribution in [3.05, 3.63) is 71.3 Å². The van der Waals surface area contributed by atoms with Crippen LogP contribution in [0.25, 0.3) is 0 Å². The summed E-state index contributed by atoms with van der Waals surface area (Å²) < 4.78 is 5.72. The Morgan fingerprint density at radius 1 is 1.09 bits per heavy atom. The molecular formula is C19H16N2O. The van der Waals surface area contributed by atoms with E-state index in [9.17, 15) is 10.5 Å². The highest BCUT2D eigenvalue weighted by Gasteiger charge is 2.53. The zero-order valence-electron chi connectivity index (χ0n) is 12.4. The Morgan fingerprint density at radius 3 is 2.32 bits per heavy atom. The van der Waals surface area contributed by atoms with Gasteiger partial charge in [0.15, 0.2) is 5.41 Å². The molecule has 0 aromatic heterocycles. The SMILES string of the molecule is Cc1cccc(C2(CC(C#N)(C#N)c3ccccc3)CO2)c1. The largest absolute Gasteiger partial charge is 0.364 e. The van der Waals surface area contributed by atoms with Crippen molar-refractivity contribution in [2.24, 2.45) is 0 Å². The number of hydrogen-bond acceptors (Lipinski definition) is 3. The van der Waals surface area contributed by atoms with Crippen LogP contribution in [0.5, 0.6) is 0 Å². The van der Waals surface area contributed by atoms with Crippen LogP contribution in [0.4, 0.5) is 0 Å². The number of ether oxygens (including phenoxy) is 1. The van der Waals surface area contributed by atoms with Crippen LogP contribution < -0.4 is 0 Å². The molecule has 1 atom stereocenters. The van der Waals surface area contributed by atoms with Crippen molar-refractivity contribution in [2.45, 2.75) is 24.4 Å². The number of epoxide rings is 1. The van der Waals surface area contributed by atoms with Gasteiger partial charge in [-0.05, 0) is 18.1 Å². The van der Waals surface area contributed by atoms with E-state index in [1.54, 1.807) is 0 Å². The van der Waals surface area contributed by atoms with Gasteiger partial charge in [0.1, 0.15) is 5.60 Å². The van der Waals surface area contributed by atoms with Gasteiger partial charge in [-0.1, -0.05) is 60.2 Å². The monoisotopic (exact) mass is 288 g/mol. The summed E-state index contributed by atoms with van der Waals surface area (Å²) in [5.41, 5.74) is 1.20. The zero-order chi connectivity index (χ0) is 15.6. The first-order valence-corrected chi connectivity index (χ1v) is 7.23. The summed E-state index contributed by atoms with van der Waals surface area (Å²) in [6.45, 7) is 2.58. The van der Waals surface area contributed by atoms with Gasteiger partial charge in [0.25, 0.3) is 0 Å². The summed E-state index contributed by atoms with van der Waals surface area (Å²) >= 11 is 0. The molecule has 1 saturated heterocycles. The molecule has 2 aromatic carbocycles. The first-order valence-electron chi connectivity index (χ1n) is 7.23. The predicted molar refractivity (Wildman–Crippen MR) is 82.8 cm³/mol. The number of aryl methyl sites for hydroxylation is 1. The van der Waals surface area contributed by atoms with E-state index in [0.717, 1.165) is 16.7 Å². The van der Waals surface area contributed by atoms with E-state index < -0.39 is 11.0 Å². The van der Waals surface area contributed by atoms with Crippen LogP contribution in [0, 0.1) is 29.6 Å². The Bertz CT molecular complexity index is 750. The van der Waals surface area contributed by atoms with Crippen LogP contribution in [0.3, 0.4) is 0 Å². The van der Waals surface area contributed by atoms with Crippen molar-refractivity contribution in [2.75, 3.05) is 6.61 Å². The van der Waals surface area contributed by atoms with Gasteiger partial charge in [0.2, 0.25) is 0 Å². The van der Waals surface area contributed by atoms with Crippen molar-refractivity contribution < 1.29 is 4.74 Å². The predicted octanol–water partition coefficient (Wildman–Crippen LogP) is 3.60. The lowest BCUT2D eigenvalue weighted by Gasteiger charge is -2.23. The van der Waals surface area contributed by atoms with E-state index in [0.29, 0.717) is 13.0 Å². The number of nitriles is 2. The second kappa shape index (κ2) is 5.30. The Morgan fingerprint density at radius 2 is 1.77 bits per heavy atom. The van der Waals surface area contributed by atoms with Gasteiger partial charge in [-0.2, -0.15) is 10.5 Å². The van der Waals surface area contributed by atoms with Crippen LogP contribution in [0.1, 0.15) is 23.1 Å². The normalized spacial score (nSPS) is 20.0. The molecule has 0 radical (unpaired) electrons. The number of nitrogens with zero attached hydrogens (tertiary/aromatic N) is 2. The highest BCUT2D eigenvalue weighted by Crippen LogP contribution is 2.48. The highest BCUT2D eigenvalue weighted by molar-refractivity contribution is 5.43.